The van der Waals surface area contributed by atoms with Crippen LogP contribution in [0.4, 0.5) is 0 Å². The number of carbonyl (C=O) groups is 1. The number of carboxylic acid groups (broad SMARTS) is 1. The Morgan fingerprint density at radius 2 is 2.04 bits per heavy atom. The van der Waals surface area contributed by atoms with Crippen LogP contribution in [0.3, 0.4) is 0 Å². The van der Waals surface area contributed by atoms with E-state index in [1.807, 2.05) is 0 Å². The van der Waals surface area contributed by atoms with Crippen molar-refractivity contribution in [2.75, 3.05) is 0 Å². The lowest BCUT2D eigenvalue weighted by Gasteiger charge is -2.11. The van der Waals surface area contributed by atoms with Gasteiger partial charge in [0.2, 0.25) is 10.0 Å². The van der Waals surface area contributed by atoms with Crippen LogP contribution in [0.25, 0.3) is 0 Å². The highest BCUT2D eigenvalue weighted by molar-refractivity contribution is 7.89. The van der Waals surface area contributed by atoms with Gasteiger partial charge in [0.15, 0.2) is 5.82 Å². The van der Waals surface area contributed by atoms with E-state index in [-0.39, 0.29) is 11.5 Å². The smallest absolute Gasteiger partial charge is 0.321 e. The lowest BCUT2D eigenvalue weighted by Crippen LogP contribution is -2.38. The zero-order valence-electron chi connectivity index (χ0n) is 12.5. The van der Waals surface area contributed by atoms with Crippen LogP contribution in [-0.2, 0) is 28.5 Å². The van der Waals surface area contributed by atoms with E-state index in [0.717, 1.165) is 0 Å². The van der Waals surface area contributed by atoms with Crippen molar-refractivity contribution in [3.63, 3.8) is 0 Å². The fourth-order valence-corrected chi connectivity index (χ4v) is 2.86. The van der Waals surface area contributed by atoms with E-state index < -0.39 is 22.0 Å². The van der Waals surface area contributed by atoms with Crippen LogP contribution >= 0.6 is 0 Å². The average molecular weight is 340 g/mol. The molecule has 0 fully saturated rings. The van der Waals surface area contributed by atoms with Crippen molar-refractivity contribution in [1.29, 1.82) is 0 Å². The standard InChI is InChI=1S/C13H16N4O5S/c1-9(13(18)19)16-23(20,21)11-5-3-10(4-6-11)22-7-12-14-8-15-17(12)2/h3-6,8-9,16H,7H2,1-2H3,(H,18,19)/t9-/m1/s1. The third kappa shape index (κ3) is 4.27. The van der Waals surface area contributed by atoms with Crippen LogP contribution < -0.4 is 9.46 Å². The van der Waals surface area contributed by atoms with E-state index in [1.165, 1.54) is 37.5 Å². The molecular formula is C13H16N4O5S. The third-order valence-electron chi connectivity index (χ3n) is 3.01. The largest absolute Gasteiger partial charge is 0.486 e. The van der Waals surface area contributed by atoms with E-state index in [0.29, 0.717) is 11.6 Å². The van der Waals surface area contributed by atoms with Crippen LogP contribution in [0.2, 0.25) is 0 Å². The average Bonchev–Trinajstić information content (AvgIpc) is 2.90. The van der Waals surface area contributed by atoms with Gasteiger partial charge in [0, 0.05) is 7.05 Å². The monoisotopic (exact) mass is 340 g/mol. The summed E-state index contributed by atoms with van der Waals surface area (Å²) < 4.78 is 33.1. The first kappa shape index (κ1) is 16.9. The van der Waals surface area contributed by atoms with Crippen LogP contribution in [0.1, 0.15) is 12.7 Å². The minimum absolute atomic E-state index is 0.0448. The Morgan fingerprint density at radius 3 is 2.57 bits per heavy atom. The fourth-order valence-electron chi connectivity index (χ4n) is 1.66. The lowest BCUT2D eigenvalue weighted by molar-refractivity contribution is -0.138. The molecule has 1 aromatic carbocycles. The molecule has 0 bridgehead atoms. The summed E-state index contributed by atoms with van der Waals surface area (Å²) in [4.78, 5) is 14.7. The molecule has 1 aromatic heterocycles. The van der Waals surface area contributed by atoms with Gasteiger partial charge in [0.1, 0.15) is 24.7 Å². The molecule has 23 heavy (non-hydrogen) atoms. The second kappa shape index (κ2) is 6.75. The molecule has 0 aliphatic carbocycles. The Kier molecular flexibility index (Phi) is 4.96. The van der Waals surface area contributed by atoms with Gasteiger partial charge in [-0.3, -0.25) is 9.48 Å². The van der Waals surface area contributed by atoms with Gasteiger partial charge in [-0.25, -0.2) is 13.4 Å². The predicted octanol–water partition coefficient (Wildman–Crippen LogP) is 0.145. The number of aryl methyl sites for hydroxylation is 1. The van der Waals surface area contributed by atoms with E-state index in [2.05, 4.69) is 14.8 Å². The van der Waals surface area contributed by atoms with Crippen LogP contribution in [0.15, 0.2) is 35.5 Å². The molecule has 0 saturated carbocycles. The van der Waals surface area contributed by atoms with Gasteiger partial charge in [-0.15, -0.1) is 0 Å². The molecule has 0 saturated heterocycles. The van der Waals surface area contributed by atoms with E-state index in [9.17, 15) is 13.2 Å². The zero-order valence-corrected chi connectivity index (χ0v) is 13.3. The first-order valence-corrected chi connectivity index (χ1v) is 8.09. The minimum Gasteiger partial charge on any atom is -0.486 e. The number of hydrogen-bond donors (Lipinski definition) is 2. The van der Waals surface area contributed by atoms with Gasteiger partial charge in [-0.2, -0.15) is 9.82 Å². The van der Waals surface area contributed by atoms with Gasteiger partial charge in [-0.1, -0.05) is 0 Å². The number of nitrogens with one attached hydrogen (secondary N) is 1. The molecule has 2 rings (SSSR count). The highest BCUT2D eigenvalue weighted by atomic mass is 32.2. The summed E-state index contributed by atoms with van der Waals surface area (Å²) in [6, 6.07) is 4.42. The molecule has 0 radical (unpaired) electrons. The van der Waals surface area contributed by atoms with Crippen molar-refractivity contribution in [2.45, 2.75) is 24.5 Å². The Hall–Kier alpha value is -2.46. The molecule has 1 atom stereocenters. The summed E-state index contributed by atoms with van der Waals surface area (Å²) in [5.74, 6) is -0.172. The number of aromatic nitrogens is 3. The van der Waals surface area contributed by atoms with Crippen LogP contribution in [-0.4, -0.2) is 40.3 Å². The summed E-state index contributed by atoms with van der Waals surface area (Å²) in [6.07, 6.45) is 1.41. The van der Waals surface area contributed by atoms with E-state index in [4.69, 9.17) is 9.84 Å². The highest BCUT2D eigenvalue weighted by Crippen LogP contribution is 2.17. The maximum Gasteiger partial charge on any atom is 0.321 e. The van der Waals surface area contributed by atoms with E-state index in [1.54, 1.807) is 11.7 Å². The quantitative estimate of drug-likeness (QED) is 0.735. The molecule has 124 valence electrons. The summed E-state index contributed by atoms with van der Waals surface area (Å²) in [5, 5.41) is 12.7. The van der Waals surface area contributed by atoms with Gasteiger partial charge in [0.25, 0.3) is 0 Å². The topological polar surface area (TPSA) is 123 Å². The fraction of sp³-hybridized carbons (Fsp3) is 0.308. The third-order valence-corrected chi connectivity index (χ3v) is 4.57. The Balaban J connectivity index is 2.04. The maximum absolute atomic E-state index is 12.0. The van der Waals surface area contributed by atoms with Crippen molar-refractivity contribution < 1.29 is 23.1 Å². The summed E-state index contributed by atoms with van der Waals surface area (Å²) in [7, 11) is -2.17. The highest BCUT2D eigenvalue weighted by Gasteiger charge is 2.21. The van der Waals surface area contributed by atoms with E-state index >= 15 is 0 Å². The van der Waals surface area contributed by atoms with Crippen molar-refractivity contribution in [2.24, 2.45) is 7.05 Å². The second-order valence-electron chi connectivity index (χ2n) is 4.74. The molecule has 2 aromatic rings. The molecule has 2 N–H and O–H groups in total. The lowest BCUT2D eigenvalue weighted by atomic mass is 10.3. The van der Waals surface area contributed by atoms with Crippen molar-refractivity contribution in [3.8, 4) is 5.75 Å². The van der Waals surface area contributed by atoms with Crippen molar-refractivity contribution in [3.05, 3.63) is 36.4 Å². The molecule has 0 unspecified atom stereocenters. The molecule has 10 heteroatoms. The molecule has 1 heterocycles. The first-order valence-electron chi connectivity index (χ1n) is 6.60. The Morgan fingerprint density at radius 1 is 1.39 bits per heavy atom. The van der Waals surface area contributed by atoms with Gasteiger partial charge >= 0.3 is 5.97 Å². The number of hydrogen-bond acceptors (Lipinski definition) is 6. The second-order valence-corrected chi connectivity index (χ2v) is 6.46. The molecular weight excluding hydrogens is 324 g/mol. The molecule has 9 nitrogen and oxygen atoms in total. The van der Waals surface area contributed by atoms with Gasteiger partial charge in [0.05, 0.1) is 4.90 Å². The molecule has 0 amide bonds. The number of carboxylic acids is 1. The van der Waals surface area contributed by atoms with Crippen molar-refractivity contribution >= 4 is 16.0 Å². The molecule has 0 spiro atoms. The van der Waals surface area contributed by atoms with Crippen molar-refractivity contribution in [1.82, 2.24) is 19.5 Å². The number of aliphatic carboxylic acids is 1. The summed E-state index contributed by atoms with van der Waals surface area (Å²) in [6.45, 7) is 1.44. The number of benzene rings is 1. The Labute approximate surface area is 133 Å². The van der Waals surface area contributed by atoms with Gasteiger partial charge in [-0.05, 0) is 31.2 Å². The molecule has 0 aliphatic heterocycles. The van der Waals surface area contributed by atoms with Gasteiger partial charge < -0.3 is 9.84 Å². The number of nitrogens with zero attached hydrogens (tertiary/aromatic N) is 3. The number of sulfonamides is 1. The molecule has 0 aliphatic rings. The Bertz CT molecular complexity index is 785. The normalized spacial score (nSPS) is 12.8. The summed E-state index contributed by atoms with van der Waals surface area (Å²) >= 11 is 0. The minimum atomic E-state index is -3.90. The maximum atomic E-state index is 12.0. The first-order chi connectivity index (χ1) is 10.8. The number of rotatable bonds is 7. The van der Waals surface area contributed by atoms with Crippen LogP contribution in [0, 0.1) is 0 Å². The van der Waals surface area contributed by atoms with Crippen LogP contribution in [0.5, 0.6) is 5.75 Å². The summed E-state index contributed by atoms with van der Waals surface area (Å²) in [5.41, 5.74) is 0. The number of ether oxygens (including phenoxy) is 1. The SMILES string of the molecule is C[C@@H](NS(=O)(=O)c1ccc(OCc2ncnn2C)cc1)C(=O)O. The zero-order chi connectivity index (χ0) is 17.0. The predicted molar refractivity (Wildman–Crippen MR) is 79.2 cm³/mol.